The van der Waals surface area contributed by atoms with Gasteiger partial charge in [0.2, 0.25) is 0 Å². The Hall–Kier alpha value is -2.56. The first-order valence-electron chi connectivity index (χ1n) is 8.14. The molecule has 0 bridgehead atoms. The molecule has 0 aliphatic carbocycles. The Labute approximate surface area is 147 Å². The lowest BCUT2D eigenvalue weighted by atomic mass is 9.91. The van der Waals surface area contributed by atoms with Gasteiger partial charge in [-0.3, -0.25) is 4.79 Å². The number of hydrogen-bond acceptors (Lipinski definition) is 3. The van der Waals surface area contributed by atoms with E-state index in [4.69, 9.17) is 9.47 Å². The smallest absolute Gasteiger partial charge is 0.311 e. The average molecular weight is 346 g/mol. The number of halogens is 1. The molecule has 5 heteroatoms. The minimum absolute atomic E-state index is 0.00190. The van der Waals surface area contributed by atoms with Crippen LogP contribution in [0.2, 0.25) is 0 Å². The SMILES string of the molecule is COc1cc(CC(C(=O)O)c2ccc(C)c(F)c2)ccc1OC(C)C. The van der Waals surface area contributed by atoms with Gasteiger partial charge in [-0.1, -0.05) is 18.2 Å². The van der Waals surface area contributed by atoms with Gasteiger partial charge in [-0.15, -0.1) is 0 Å². The summed E-state index contributed by atoms with van der Waals surface area (Å²) < 4.78 is 24.8. The third-order valence-electron chi connectivity index (χ3n) is 3.93. The summed E-state index contributed by atoms with van der Waals surface area (Å²) in [4.78, 5) is 11.7. The van der Waals surface area contributed by atoms with E-state index in [0.29, 0.717) is 22.6 Å². The highest BCUT2D eigenvalue weighted by atomic mass is 19.1. The number of benzene rings is 2. The topological polar surface area (TPSA) is 55.8 Å². The first-order chi connectivity index (χ1) is 11.8. The normalized spacial score (nSPS) is 12.1. The van der Waals surface area contributed by atoms with Gasteiger partial charge in [-0.2, -0.15) is 0 Å². The standard InChI is InChI=1S/C20H23FO4/c1-12(2)25-18-8-6-14(10-19(18)24-4)9-16(20(22)23)15-7-5-13(3)17(21)11-15/h5-8,10-12,16H,9H2,1-4H3,(H,22,23). The van der Waals surface area contributed by atoms with Crippen molar-refractivity contribution in [3.63, 3.8) is 0 Å². The number of ether oxygens (including phenoxy) is 2. The summed E-state index contributed by atoms with van der Waals surface area (Å²) >= 11 is 0. The second-order valence-electron chi connectivity index (χ2n) is 6.26. The second-order valence-corrected chi connectivity index (χ2v) is 6.26. The van der Waals surface area contributed by atoms with Crippen molar-refractivity contribution in [1.82, 2.24) is 0 Å². The van der Waals surface area contributed by atoms with E-state index < -0.39 is 17.7 Å². The number of rotatable bonds is 7. The number of carboxylic acids is 1. The van der Waals surface area contributed by atoms with Crippen LogP contribution in [0.3, 0.4) is 0 Å². The molecular weight excluding hydrogens is 323 g/mol. The molecule has 0 spiro atoms. The van der Waals surface area contributed by atoms with E-state index in [0.717, 1.165) is 5.56 Å². The number of carboxylic acid groups (broad SMARTS) is 1. The predicted octanol–water partition coefficient (Wildman–Crippen LogP) is 4.34. The lowest BCUT2D eigenvalue weighted by molar-refractivity contribution is -0.138. The molecule has 0 aliphatic heterocycles. The van der Waals surface area contributed by atoms with Gasteiger partial charge in [-0.25, -0.2) is 4.39 Å². The zero-order chi connectivity index (χ0) is 18.6. The van der Waals surface area contributed by atoms with Crippen LogP contribution in [0.25, 0.3) is 0 Å². The van der Waals surface area contributed by atoms with E-state index >= 15 is 0 Å². The van der Waals surface area contributed by atoms with Crippen molar-refractivity contribution in [3.05, 3.63) is 58.9 Å². The second kappa shape index (κ2) is 8.01. The Kier molecular flexibility index (Phi) is 6.02. The molecule has 0 aliphatic rings. The lowest BCUT2D eigenvalue weighted by Gasteiger charge is -2.17. The molecule has 0 aromatic heterocycles. The molecule has 4 nitrogen and oxygen atoms in total. The van der Waals surface area contributed by atoms with Gasteiger partial charge >= 0.3 is 5.97 Å². The quantitative estimate of drug-likeness (QED) is 0.810. The Balaban J connectivity index is 2.30. The first kappa shape index (κ1) is 18.8. The fourth-order valence-corrected chi connectivity index (χ4v) is 2.60. The van der Waals surface area contributed by atoms with Crippen LogP contribution in [0.5, 0.6) is 11.5 Å². The zero-order valence-electron chi connectivity index (χ0n) is 14.9. The molecule has 0 heterocycles. The van der Waals surface area contributed by atoms with Crippen LogP contribution in [0.1, 0.15) is 36.5 Å². The van der Waals surface area contributed by atoms with Crippen molar-refractivity contribution < 1.29 is 23.8 Å². The van der Waals surface area contributed by atoms with Crippen LogP contribution in [0.15, 0.2) is 36.4 Å². The zero-order valence-corrected chi connectivity index (χ0v) is 14.9. The number of carbonyl (C=O) groups is 1. The molecule has 1 unspecified atom stereocenters. The van der Waals surface area contributed by atoms with Crippen LogP contribution in [-0.4, -0.2) is 24.3 Å². The molecule has 1 atom stereocenters. The van der Waals surface area contributed by atoms with Crippen molar-refractivity contribution in [3.8, 4) is 11.5 Å². The van der Waals surface area contributed by atoms with Crippen molar-refractivity contribution in [2.45, 2.75) is 39.2 Å². The third-order valence-corrected chi connectivity index (χ3v) is 3.93. The molecule has 134 valence electrons. The Morgan fingerprint density at radius 2 is 1.88 bits per heavy atom. The molecule has 2 aromatic carbocycles. The van der Waals surface area contributed by atoms with Gasteiger partial charge < -0.3 is 14.6 Å². The minimum Gasteiger partial charge on any atom is -0.493 e. The molecule has 1 N–H and O–H groups in total. The van der Waals surface area contributed by atoms with Crippen molar-refractivity contribution >= 4 is 5.97 Å². The van der Waals surface area contributed by atoms with Crippen molar-refractivity contribution in [2.24, 2.45) is 0 Å². The van der Waals surface area contributed by atoms with Crippen LogP contribution >= 0.6 is 0 Å². The van der Waals surface area contributed by atoms with Gasteiger partial charge in [0.25, 0.3) is 0 Å². The summed E-state index contributed by atoms with van der Waals surface area (Å²) in [5.74, 6) is -1.08. The fraction of sp³-hybridized carbons (Fsp3) is 0.350. The van der Waals surface area contributed by atoms with E-state index in [2.05, 4.69) is 0 Å². The summed E-state index contributed by atoms with van der Waals surface area (Å²) in [6.45, 7) is 5.48. The fourth-order valence-electron chi connectivity index (χ4n) is 2.60. The molecular formula is C20H23FO4. The minimum atomic E-state index is -0.996. The highest BCUT2D eigenvalue weighted by Gasteiger charge is 2.22. The maximum absolute atomic E-state index is 13.8. The molecule has 0 saturated heterocycles. The Morgan fingerprint density at radius 1 is 1.16 bits per heavy atom. The maximum atomic E-state index is 13.8. The summed E-state index contributed by atoms with van der Waals surface area (Å²) in [5, 5.41) is 9.57. The number of methoxy groups -OCH3 is 1. The van der Waals surface area contributed by atoms with Crippen molar-refractivity contribution in [2.75, 3.05) is 7.11 Å². The molecule has 25 heavy (non-hydrogen) atoms. The van der Waals surface area contributed by atoms with Crippen LogP contribution in [-0.2, 0) is 11.2 Å². The number of aryl methyl sites for hydroxylation is 1. The summed E-state index contributed by atoms with van der Waals surface area (Å²) in [7, 11) is 1.54. The number of hydrogen-bond donors (Lipinski definition) is 1. The summed E-state index contributed by atoms with van der Waals surface area (Å²) in [6, 6.07) is 9.88. The molecule has 0 amide bonds. The first-order valence-corrected chi connectivity index (χ1v) is 8.14. The maximum Gasteiger partial charge on any atom is 0.311 e. The van der Waals surface area contributed by atoms with Crippen molar-refractivity contribution in [1.29, 1.82) is 0 Å². The monoisotopic (exact) mass is 346 g/mol. The molecule has 2 rings (SSSR count). The van der Waals surface area contributed by atoms with Gasteiger partial charge in [0.1, 0.15) is 5.82 Å². The number of aliphatic carboxylic acids is 1. The highest BCUT2D eigenvalue weighted by molar-refractivity contribution is 5.76. The molecule has 0 fully saturated rings. The van der Waals surface area contributed by atoms with E-state index in [1.807, 2.05) is 13.8 Å². The van der Waals surface area contributed by atoms with E-state index in [1.54, 1.807) is 37.3 Å². The van der Waals surface area contributed by atoms with E-state index in [9.17, 15) is 14.3 Å². The molecule has 0 radical (unpaired) electrons. The Morgan fingerprint density at radius 3 is 2.44 bits per heavy atom. The van der Waals surface area contributed by atoms with E-state index in [-0.39, 0.29) is 12.5 Å². The predicted molar refractivity (Wildman–Crippen MR) is 94.0 cm³/mol. The van der Waals surface area contributed by atoms with Crippen LogP contribution in [0.4, 0.5) is 4.39 Å². The van der Waals surface area contributed by atoms with Crippen LogP contribution in [0, 0.1) is 12.7 Å². The van der Waals surface area contributed by atoms with Gasteiger partial charge in [-0.05, 0) is 62.1 Å². The highest BCUT2D eigenvalue weighted by Crippen LogP contribution is 2.31. The third kappa shape index (κ3) is 4.72. The van der Waals surface area contributed by atoms with E-state index in [1.165, 1.54) is 13.2 Å². The summed E-state index contributed by atoms with van der Waals surface area (Å²) in [5.41, 5.74) is 1.71. The van der Waals surface area contributed by atoms with Crippen LogP contribution < -0.4 is 9.47 Å². The molecule has 0 saturated carbocycles. The molecule has 2 aromatic rings. The average Bonchev–Trinajstić information content (AvgIpc) is 2.55. The van der Waals surface area contributed by atoms with Gasteiger partial charge in [0.05, 0.1) is 19.1 Å². The van der Waals surface area contributed by atoms with Gasteiger partial charge in [0.15, 0.2) is 11.5 Å². The Bertz CT molecular complexity index is 755. The largest absolute Gasteiger partial charge is 0.493 e. The lowest BCUT2D eigenvalue weighted by Crippen LogP contribution is -2.15. The summed E-state index contributed by atoms with van der Waals surface area (Å²) in [6.07, 6.45) is 0.234. The van der Waals surface area contributed by atoms with Gasteiger partial charge in [0, 0.05) is 0 Å².